The van der Waals surface area contributed by atoms with Crippen molar-refractivity contribution >= 4 is 11.8 Å². The molecule has 2 heterocycles. The molecule has 0 unspecified atom stereocenters. The maximum atomic E-state index is 11.0. The molecule has 1 aliphatic rings. The monoisotopic (exact) mass is 164 g/mol. The van der Waals surface area contributed by atoms with Crippen molar-refractivity contribution in [2.45, 2.75) is 6.61 Å². The van der Waals surface area contributed by atoms with E-state index in [1.54, 1.807) is 25.5 Å². The van der Waals surface area contributed by atoms with Gasteiger partial charge in [-0.25, -0.2) is 4.79 Å². The van der Waals surface area contributed by atoms with Gasteiger partial charge in [0.1, 0.15) is 6.61 Å². The van der Waals surface area contributed by atoms with E-state index in [4.69, 9.17) is 4.74 Å². The van der Waals surface area contributed by atoms with E-state index < -0.39 is 0 Å². The van der Waals surface area contributed by atoms with E-state index in [-0.39, 0.29) is 6.09 Å². The summed E-state index contributed by atoms with van der Waals surface area (Å²) in [5.41, 5.74) is 1.82. The van der Waals surface area contributed by atoms with Crippen molar-refractivity contribution in [3.63, 3.8) is 0 Å². The summed E-state index contributed by atoms with van der Waals surface area (Å²) in [5, 5.41) is 0. The molecule has 0 aromatic carbocycles. The maximum Gasteiger partial charge on any atom is 0.414 e. The van der Waals surface area contributed by atoms with Gasteiger partial charge in [0.05, 0.1) is 5.69 Å². The van der Waals surface area contributed by atoms with Gasteiger partial charge in [-0.2, -0.15) is 0 Å². The number of rotatable bonds is 0. The summed E-state index contributed by atoms with van der Waals surface area (Å²) in [6, 6.07) is 1.80. The fourth-order valence-corrected chi connectivity index (χ4v) is 1.19. The minimum Gasteiger partial charge on any atom is -0.444 e. The van der Waals surface area contributed by atoms with Crippen molar-refractivity contribution in [1.29, 1.82) is 0 Å². The van der Waals surface area contributed by atoms with Crippen molar-refractivity contribution in [1.82, 2.24) is 4.98 Å². The van der Waals surface area contributed by atoms with Gasteiger partial charge in [-0.1, -0.05) is 0 Å². The zero-order valence-corrected chi connectivity index (χ0v) is 6.65. The molecule has 0 radical (unpaired) electrons. The molecule has 1 amide bonds. The quantitative estimate of drug-likeness (QED) is 0.578. The Balaban J connectivity index is 2.48. The topological polar surface area (TPSA) is 42.4 Å². The van der Waals surface area contributed by atoms with Crippen LogP contribution in [0.25, 0.3) is 0 Å². The molecule has 0 aliphatic carbocycles. The van der Waals surface area contributed by atoms with E-state index >= 15 is 0 Å². The number of aromatic nitrogens is 1. The minimum absolute atomic E-state index is 0.311. The van der Waals surface area contributed by atoms with Crippen LogP contribution in [0.4, 0.5) is 10.5 Å². The summed E-state index contributed by atoms with van der Waals surface area (Å²) < 4.78 is 4.86. The second-order valence-corrected chi connectivity index (χ2v) is 2.62. The maximum absolute atomic E-state index is 11.0. The lowest BCUT2D eigenvalue weighted by Gasteiger charge is -2.24. The van der Waals surface area contributed by atoms with Gasteiger partial charge in [0.25, 0.3) is 0 Å². The zero-order chi connectivity index (χ0) is 8.55. The molecule has 62 valence electrons. The second kappa shape index (κ2) is 2.48. The number of cyclic esters (lactones) is 1. The SMILES string of the molecule is CN1C(=O)OCc2cnccc21. The van der Waals surface area contributed by atoms with Crippen molar-refractivity contribution < 1.29 is 9.53 Å². The molecule has 1 aromatic rings. The van der Waals surface area contributed by atoms with E-state index in [1.165, 1.54) is 4.90 Å². The minimum atomic E-state index is -0.311. The normalized spacial score (nSPS) is 15.4. The smallest absolute Gasteiger partial charge is 0.414 e. The first kappa shape index (κ1) is 7.09. The first-order valence-electron chi connectivity index (χ1n) is 3.62. The summed E-state index contributed by atoms with van der Waals surface area (Å²) in [7, 11) is 1.68. The predicted octanol–water partition coefficient (Wildman–Crippen LogP) is 1.17. The van der Waals surface area contributed by atoms with Gasteiger partial charge in [-0.3, -0.25) is 9.88 Å². The third kappa shape index (κ3) is 0.922. The van der Waals surface area contributed by atoms with Crippen LogP contribution in [-0.2, 0) is 11.3 Å². The zero-order valence-electron chi connectivity index (χ0n) is 6.65. The number of ether oxygens (including phenoxy) is 1. The lowest BCUT2D eigenvalue weighted by Crippen LogP contribution is -2.31. The number of pyridine rings is 1. The summed E-state index contributed by atoms with van der Waals surface area (Å²) >= 11 is 0. The van der Waals surface area contributed by atoms with Crippen LogP contribution in [0, 0.1) is 0 Å². The molecule has 0 spiro atoms. The van der Waals surface area contributed by atoms with Gasteiger partial charge in [0, 0.05) is 25.0 Å². The highest BCUT2D eigenvalue weighted by molar-refractivity contribution is 5.89. The van der Waals surface area contributed by atoms with Gasteiger partial charge < -0.3 is 4.74 Å². The van der Waals surface area contributed by atoms with Crippen LogP contribution in [0.15, 0.2) is 18.5 Å². The number of amides is 1. The Morgan fingerprint density at radius 3 is 3.33 bits per heavy atom. The lowest BCUT2D eigenvalue weighted by atomic mass is 10.2. The van der Waals surface area contributed by atoms with Gasteiger partial charge >= 0.3 is 6.09 Å². The number of nitrogens with zero attached hydrogens (tertiary/aromatic N) is 2. The van der Waals surface area contributed by atoms with E-state index in [9.17, 15) is 4.79 Å². The fourth-order valence-electron chi connectivity index (χ4n) is 1.19. The largest absolute Gasteiger partial charge is 0.444 e. The Labute approximate surface area is 69.8 Å². The van der Waals surface area contributed by atoms with E-state index in [0.29, 0.717) is 6.61 Å². The standard InChI is InChI=1S/C8H8N2O2/c1-10-7-2-3-9-4-6(7)5-12-8(10)11/h2-4H,5H2,1H3. The lowest BCUT2D eigenvalue weighted by molar-refractivity contribution is 0.143. The van der Waals surface area contributed by atoms with Crippen LogP contribution in [0.1, 0.15) is 5.56 Å². The summed E-state index contributed by atoms with van der Waals surface area (Å²) in [6.45, 7) is 0.326. The Bertz CT molecular complexity index is 325. The number of hydrogen-bond acceptors (Lipinski definition) is 3. The highest BCUT2D eigenvalue weighted by atomic mass is 16.6. The van der Waals surface area contributed by atoms with E-state index in [2.05, 4.69) is 4.98 Å². The Kier molecular flexibility index (Phi) is 1.46. The first-order chi connectivity index (χ1) is 5.79. The van der Waals surface area contributed by atoms with Crippen LogP contribution < -0.4 is 4.90 Å². The molecule has 0 bridgehead atoms. The van der Waals surface area contributed by atoms with Crippen LogP contribution in [0.5, 0.6) is 0 Å². The van der Waals surface area contributed by atoms with Gasteiger partial charge in [0.15, 0.2) is 0 Å². The second-order valence-electron chi connectivity index (χ2n) is 2.62. The first-order valence-corrected chi connectivity index (χ1v) is 3.62. The third-order valence-corrected chi connectivity index (χ3v) is 1.86. The van der Waals surface area contributed by atoms with Crippen molar-refractivity contribution in [3.05, 3.63) is 24.0 Å². The summed E-state index contributed by atoms with van der Waals surface area (Å²) in [5.74, 6) is 0. The molecule has 2 rings (SSSR count). The Hall–Kier alpha value is -1.58. The number of carbonyl (C=O) groups excluding carboxylic acids is 1. The predicted molar refractivity (Wildman–Crippen MR) is 42.8 cm³/mol. The van der Waals surface area contributed by atoms with Crippen molar-refractivity contribution in [2.75, 3.05) is 11.9 Å². The molecule has 0 saturated heterocycles. The molecule has 1 aliphatic heterocycles. The van der Waals surface area contributed by atoms with Gasteiger partial charge in [0.2, 0.25) is 0 Å². The Morgan fingerprint density at radius 2 is 2.50 bits per heavy atom. The van der Waals surface area contributed by atoms with Crippen LogP contribution in [-0.4, -0.2) is 18.1 Å². The Morgan fingerprint density at radius 1 is 1.67 bits per heavy atom. The average molecular weight is 164 g/mol. The molecule has 1 aromatic heterocycles. The van der Waals surface area contributed by atoms with Crippen LogP contribution >= 0.6 is 0 Å². The van der Waals surface area contributed by atoms with Gasteiger partial charge in [-0.05, 0) is 6.07 Å². The molecule has 0 fully saturated rings. The molecule has 4 nitrogen and oxygen atoms in total. The number of carbonyl (C=O) groups is 1. The highest BCUT2D eigenvalue weighted by Gasteiger charge is 2.21. The molecular weight excluding hydrogens is 156 g/mol. The fraction of sp³-hybridized carbons (Fsp3) is 0.250. The number of anilines is 1. The number of hydrogen-bond donors (Lipinski definition) is 0. The molecule has 4 heteroatoms. The molecule has 0 saturated carbocycles. The molecular formula is C8H8N2O2. The van der Waals surface area contributed by atoms with Crippen LogP contribution in [0.3, 0.4) is 0 Å². The highest BCUT2D eigenvalue weighted by Crippen LogP contribution is 2.23. The van der Waals surface area contributed by atoms with Crippen LogP contribution in [0.2, 0.25) is 0 Å². The van der Waals surface area contributed by atoms with E-state index in [0.717, 1.165) is 11.3 Å². The third-order valence-electron chi connectivity index (χ3n) is 1.86. The molecule has 0 N–H and O–H groups in total. The summed E-state index contributed by atoms with van der Waals surface area (Å²) in [6.07, 6.45) is 3.06. The average Bonchev–Trinajstić information content (AvgIpc) is 2.12. The molecule has 12 heavy (non-hydrogen) atoms. The van der Waals surface area contributed by atoms with E-state index in [1.807, 2.05) is 0 Å². The van der Waals surface area contributed by atoms with Crippen molar-refractivity contribution in [3.8, 4) is 0 Å². The van der Waals surface area contributed by atoms with Gasteiger partial charge in [-0.15, -0.1) is 0 Å². The number of fused-ring (bicyclic) bond motifs is 1. The molecule has 0 atom stereocenters. The summed E-state index contributed by atoms with van der Waals surface area (Å²) in [4.78, 5) is 16.5. The van der Waals surface area contributed by atoms with Crippen molar-refractivity contribution in [2.24, 2.45) is 0 Å².